The fraction of sp³-hybridized carbons (Fsp3) is 0.250. The number of benzene rings is 1. The first kappa shape index (κ1) is 13.4. The molecule has 0 fully saturated rings. The second-order valence-electron chi connectivity index (χ2n) is 4.87. The van der Waals surface area contributed by atoms with Gasteiger partial charge in [0, 0.05) is 13.3 Å². The lowest BCUT2D eigenvalue weighted by atomic mass is 10.0. The van der Waals surface area contributed by atoms with Gasteiger partial charge in [-0.05, 0) is 42.0 Å². The SMILES string of the molecule is COc1ccc(C2=NN(C(C)=O)[C@H](c3ccco3)C2)cc1. The number of hydrazone groups is 1. The highest BCUT2D eigenvalue weighted by Crippen LogP contribution is 2.33. The van der Waals surface area contributed by atoms with Crippen LogP contribution in [0.1, 0.15) is 30.7 Å². The second-order valence-corrected chi connectivity index (χ2v) is 4.87. The van der Waals surface area contributed by atoms with Crippen molar-refractivity contribution >= 4 is 11.6 Å². The van der Waals surface area contributed by atoms with Gasteiger partial charge in [0.05, 0.1) is 19.1 Å². The minimum absolute atomic E-state index is 0.0973. The van der Waals surface area contributed by atoms with E-state index in [1.54, 1.807) is 13.4 Å². The van der Waals surface area contributed by atoms with Crippen LogP contribution in [0.3, 0.4) is 0 Å². The van der Waals surface area contributed by atoms with Crippen molar-refractivity contribution in [3.8, 4) is 5.75 Å². The predicted octanol–water partition coefficient (Wildman–Crippen LogP) is 2.99. The highest BCUT2D eigenvalue weighted by atomic mass is 16.5. The van der Waals surface area contributed by atoms with Crippen LogP contribution in [0.15, 0.2) is 52.2 Å². The molecule has 0 spiro atoms. The zero-order valence-electron chi connectivity index (χ0n) is 11.9. The molecule has 1 aliphatic rings. The van der Waals surface area contributed by atoms with Crippen LogP contribution >= 0.6 is 0 Å². The molecule has 5 heteroatoms. The third-order valence-corrected chi connectivity index (χ3v) is 3.53. The number of hydrogen-bond donors (Lipinski definition) is 0. The Bertz CT molecular complexity index is 659. The molecular formula is C16H16N2O3. The number of methoxy groups -OCH3 is 1. The Hall–Kier alpha value is -2.56. The van der Waals surface area contributed by atoms with Crippen molar-refractivity contribution in [2.24, 2.45) is 5.10 Å². The van der Waals surface area contributed by atoms with Crippen LogP contribution < -0.4 is 4.74 Å². The maximum Gasteiger partial charge on any atom is 0.240 e. The average molecular weight is 284 g/mol. The van der Waals surface area contributed by atoms with Crippen LogP contribution in [0, 0.1) is 0 Å². The summed E-state index contributed by atoms with van der Waals surface area (Å²) in [5, 5.41) is 5.93. The van der Waals surface area contributed by atoms with Crippen LogP contribution in [-0.2, 0) is 4.79 Å². The van der Waals surface area contributed by atoms with Gasteiger partial charge in [-0.1, -0.05) is 0 Å². The van der Waals surface area contributed by atoms with Gasteiger partial charge in [0.2, 0.25) is 5.91 Å². The number of rotatable bonds is 3. The van der Waals surface area contributed by atoms with Crippen LogP contribution in [-0.4, -0.2) is 23.7 Å². The van der Waals surface area contributed by atoms with Gasteiger partial charge >= 0.3 is 0 Å². The van der Waals surface area contributed by atoms with Gasteiger partial charge < -0.3 is 9.15 Å². The van der Waals surface area contributed by atoms with E-state index in [1.165, 1.54) is 11.9 Å². The first-order chi connectivity index (χ1) is 10.2. The highest BCUT2D eigenvalue weighted by Gasteiger charge is 2.33. The van der Waals surface area contributed by atoms with Crippen LogP contribution in [0.4, 0.5) is 0 Å². The number of furan rings is 1. The summed E-state index contributed by atoms with van der Waals surface area (Å²) >= 11 is 0. The third-order valence-electron chi connectivity index (χ3n) is 3.53. The molecule has 0 radical (unpaired) electrons. The smallest absolute Gasteiger partial charge is 0.240 e. The van der Waals surface area contributed by atoms with Gasteiger partial charge in [-0.2, -0.15) is 5.10 Å². The molecule has 3 rings (SSSR count). The summed E-state index contributed by atoms with van der Waals surface area (Å²) in [6.07, 6.45) is 2.25. The Kier molecular flexibility index (Phi) is 3.48. The summed E-state index contributed by atoms with van der Waals surface area (Å²) in [7, 11) is 1.63. The molecule has 0 saturated heterocycles. The van der Waals surface area contributed by atoms with E-state index in [2.05, 4.69) is 5.10 Å². The minimum Gasteiger partial charge on any atom is -0.497 e. The monoisotopic (exact) mass is 284 g/mol. The summed E-state index contributed by atoms with van der Waals surface area (Å²) < 4.78 is 10.6. The second kappa shape index (κ2) is 5.44. The molecule has 0 aliphatic carbocycles. The van der Waals surface area contributed by atoms with Gasteiger partial charge in [-0.3, -0.25) is 4.79 Å². The van der Waals surface area contributed by atoms with E-state index < -0.39 is 0 Å². The number of amides is 1. The van der Waals surface area contributed by atoms with E-state index in [-0.39, 0.29) is 11.9 Å². The maximum atomic E-state index is 11.8. The molecule has 0 N–H and O–H groups in total. The molecule has 1 aromatic carbocycles. The van der Waals surface area contributed by atoms with Gasteiger partial charge in [-0.15, -0.1) is 0 Å². The predicted molar refractivity (Wildman–Crippen MR) is 78.1 cm³/mol. The van der Waals surface area contributed by atoms with Crippen molar-refractivity contribution in [2.45, 2.75) is 19.4 Å². The molecule has 2 aromatic rings. The largest absolute Gasteiger partial charge is 0.497 e. The molecule has 0 unspecified atom stereocenters. The standard InChI is InChI=1S/C16H16N2O3/c1-11(19)18-15(16-4-3-9-21-16)10-14(17-18)12-5-7-13(20-2)8-6-12/h3-9,15H,10H2,1-2H3/t15-/m0/s1. The summed E-state index contributed by atoms with van der Waals surface area (Å²) in [4.78, 5) is 11.8. The maximum absolute atomic E-state index is 11.8. The lowest BCUT2D eigenvalue weighted by Gasteiger charge is -2.17. The molecule has 1 atom stereocenters. The van der Waals surface area contributed by atoms with Crippen molar-refractivity contribution in [3.63, 3.8) is 0 Å². The van der Waals surface area contributed by atoms with Crippen molar-refractivity contribution in [2.75, 3.05) is 7.11 Å². The van der Waals surface area contributed by atoms with E-state index in [9.17, 15) is 4.79 Å². The molecule has 5 nitrogen and oxygen atoms in total. The van der Waals surface area contributed by atoms with Crippen LogP contribution in [0.2, 0.25) is 0 Å². The summed E-state index contributed by atoms with van der Waals surface area (Å²) in [5.41, 5.74) is 1.85. The van der Waals surface area contributed by atoms with Crippen LogP contribution in [0.25, 0.3) is 0 Å². The summed E-state index contributed by atoms with van der Waals surface area (Å²) in [6.45, 7) is 1.51. The third kappa shape index (κ3) is 2.54. The number of carbonyl (C=O) groups excluding carboxylic acids is 1. The Morgan fingerprint density at radius 3 is 2.67 bits per heavy atom. The molecule has 1 aromatic heterocycles. The van der Waals surface area contributed by atoms with Crippen LogP contribution in [0.5, 0.6) is 5.75 Å². The van der Waals surface area contributed by atoms with E-state index in [0.717, 1.165) is 22.8 Å². The van der Waals surface area contributed by atoms with E-state index in [0.29, 0.717) is 6.42 Å². The normalized spacial score (nSPS) is 17.7. The van der Waals surface area contributed by atoms with Gasteiger partial charge in [0.15, 0.2) is 0 Å². The number of carbonyl (C=O) groups is 1. The quantitative estimate of drug-likeness (QED) is 0.870. The summed E-state index contributed by atoms with van der Waals surface area (Å²) in [6, 6.07) is 11.2. The molecule has 0 saturated carbocycles. The van der Waals surface area contributed by atoms with E-state index in [4.69, 9.17) is 9.15 Å². The first-order valence-electron chi connectivity index (χ1n) is 6.74. The number of nitrogens with zero attached hydrogens (tertiary/aromatic N) is 2. The molecule has 1 aliphatic heterocycles. The van der Waals surface area contributed by atoms with Crippen molar-refractivity contribution < 1.29 is 13.9 Å². The molecular weight excluding hydrogens is 268 g/mol. The van der Waals surface area contributed by atoms with Gasteiger partial charge in [0.1, 0.15) is 17.6 Å². The molecule has 108 valence electrons. The number of ether oxygens (including phenoxy) is 1. The molecule has 2 heterocycles. The Labute approximate surface area is 122 Å². The van der Waals surface area contributed by atoms with E-state index >= 15 is 0 Å². The Morgan fingerprint density at radius 2 is 2.10 bits per heavy atom. The fourth-order valence-electron chi connectivity index (χ4n) is 2.46. The Balaban J connectivity index is 1.89. The zero-order valence-corrected chi connectivity index (χ0v) is 11.9. The van der Waals surface area contributed by atoms with Crippen molar-refractivity contribution in [1.29, 1.82) is 0 Å². The molecule has 1 amide bonds. The summed E-state index contributed by atoms with van der Waals surface area (Å²) in [5.74, 6) is 1.45. The van der Waals surface area contributed by atoms with E-state index in [1.807, 2.05) is 36.4 Å². The average Bonchev–Trinajstić information content (AvgIpc) is 3.16. The zero-order chi connectivity index (χ0) is 14.8. The topological polar surface area (TPSA) is 55.0 Å². The lowest BCUT2D eigenvalue weighted by Crippen LogP contribution is -2.23. The Morgan fingerprint density at radius 1 is 1.33 bits per heavy atom. The first-order valence-corrected chi connectivity index (χ1v) is 6.74. The molecule has 0 bridgehead atoms. The fourth-order valence-corrected chi connectivity index (χ4v) is 2.46. The van der Waals surface area contributed by atoms with Crippen molar-refractivity contribution in [1.82, 2.24) is 5.01 Å². The van der Waals surface area contributed by atoms with Gasteiger partial charge in [-0.25, -0.2) is 5.01 Å². The lowest BCUT2D eigenvalue weighted by molar-refractivity contribution is -0.130. The van der Waals surface area contributed by atoms with Crippen molar-refractivity contribution in [3.05, 3.63) is 54.0 Å². The molecule has 21 heavy (non-hydrogen) atoms. The van der Waals surface area contributed by atoms with Gasteiger partial charge in [0.25, 0.3) is 0 Å². The number of hydrogen-bond acceptors (Lipinski definition) is 4. The minimum atomic E-state index is -0.172. The highest BCUT2D eigenvalue weighted by molar-refractivity contribution is 6.03.